The van der Waals surface area contributed by atoms with Gasteiger partial charge in [0.05, 0.1) is 14.2 Å². The van der Waals surface area contributed by atoms with E-state index in [2.05, 4.69) is 12.2 Å². The van der Waals surface area contributed by atoms with Gasteiger partial charge in [0, 0.05) is 17.6 Å². The van der Waals surface area contributed by atoms with Crippen LogP contribution in [-0.4, -0.2) is 20.8 Å². The van der Waals surface area contributed by atoms with Crippen LogP contribution in [-0.2, 0) is 6.54 Å². The predicted octanol–water partition coefficient (Wildman–Crippen LogP) is 2.86. The van der Waals surface area contributed by atoms with Crippen LogP contribution >= 0.6 is 11.6 Å². The Balaban J connectivity index is 2.84. The fourth-order valence-corrected chi connectivity index (χ4v) is 1.65. The van der Waals surface area contributed by atoms with E-state index < -0.39 is 0 Å². The zero-order valence-electron chi connectivity index (χ0n) is 9.97. The molecule has 0 aromatic heterocycles. The standard InChI is InChI=1S/C12H18ClNO2/c1-4-5-14-8-9-6-11(15-2)12(16-3)7-10(9)13/h6-7,14H,4-5,8H2,1-3H3. The molecule has 0 fully saturated rings. The van der Waals surface area contributed by atoms with Crippen molar-refractivity contribution in [3.63, 3.8) is 0 Å². The van der Waals surface area contributed by atoms with Gasteiger partial charge in [-0.25, -0.2) is 0 Å². The molecule has 0 saturated heterocycles. The maximum Gasteiger partial charge on any atom is 0.162 e. The third-order valence-electron chi connectivity index (χ3n) is 2.29. The lowest BCUT2D eigenvalue weighted by Crippen LogP contribution is -2.14. The average molecular weight is 244 g/mol. The summed E-state index contributed by atoms with van der Waals surface area (Å²) in [6.45, 7) is 3.85. The van der Waals surface area contributed by atoms with Crippen LogP contribution in [0.15, 0.2) is 12.1 Å². The highest BCUT2D eigenvalue weighted by Crippen LogP contribution is 2.32. The second-order valence-electron chi connectivity index (χ2n) is 3.48. The maximum atomic E-state index is 6.14. The number of methoxy groups -OCH3 is 2. The van der Waals surface area contributed by atoms with Crippen molar-refractivity contribution < 1.29 is 9.47 Å². The first kappa shape index (κ1) is 13.1. The second kappa shape index (κ2) is 6.61. The van der Waals surface area contributed by atoms with Crippen molar-refractivity contribution in [3.8, 4) is 11.5 Å². The van der Waals surface area contributed by atoms with Gasteiger partial charge in [-0.2, -0.15) is 0 Å². The summed E-state index contributed by atoms with van der Waals surface area (Å²) in [4.78, 5) is 0. The molecular formula is C12H18ClNO2. The van der Waals surface area contributed by atoms with Crippen molar-refractivity contribution in [2.24, 2.45) is 0 Å². The summed E-state index contributed by atoms with van der Waals surface area (Å²) in [7, 11) is 3.22. The highest BCUT2D eigenvalue weighted by atomic mass is 35.5. The lowest BCUT2D eigenvalue weighted by Gasteiger charge is -2.12. The Bertz CT molecular complexity index is 342. The highest BCUT2D eigenvalue weighted by Gasteiger charge is 2.09. The summed E-state index contributed by atoms with van der Waals surface area (Å²) in [6.07, 6.45) is 1.10. The molecule has 0 spiro atoms. The minimum atomic E-state index is 0.659. The molecule has 0 aliphatic rings. The smallest absolute Gasteiger partial charge is 0.162 e. The van der Waals surface area contributed by atoms with Crippen LogP contribution < -0.4 is 14.8 Å². The summed E-state index contributed by atoms with van der Waals surface area (Å²) in [5, 5.41) is 4.00. The van der Waals surface area contributed by atoms with Gasteiger partial charge >= 0.3 is 0 Å². The molecule has 0 aliphatic carbocycles. The first-order valence-electron chi connectivity index (χ1n) is 5.34. The van der Waals surface area contributed by atoms with E-state index in [4.69, 9.17) is 21.1 Å². The number of halogens is 1. The van der Waals surface area contributed by atoms with Crippen LogP contribution in [0.5, 0.6) is 11.5 Å². The predicted molar refractivity (Wildman–Crippen MR) is 66.6 cm³/mol. The first-order valence-corrected chi connectivity index (χ1v) is 5.71. The van der Waals surface area contributed by atoms with Crippen molar-refractivity contribution in [3.05, 3.63) is 22.7 Å². The summed E-state index contributed by atoms with van der Waals surface area (Å²) >= 11 is 6.14. The molecule has 1 N–H and O–H groups in total. The topological polar surface area (TPSA) is 30.5 Å². The van der Waals surface area contributed by atoms with Crippen LogP contribution in [0.1, 0.15) is 18.9 Å². The molecule has 90 valence electrons. The van der Waals surface area contributed by atoms with Gasteiger partial charge in [0.15, 0.2) is 11.5 Å². The van der Waals surface area contributed by atoms with E-state index in [1.54, 1.807) is 20.3 Å². The van der Waals surface area contributed by atoms with Gasteiger partial charge in [0.1, 0.15) is 0 Å². The quantitative estimate of drug-likeness (QED) is 0.780. The lowest BCUT2D eigenvalue weighted by molar-refractivity contribution is 0.354. The van der Waals surface area contributed by atoms with Crippen molar-refractivity contribution in [2.45, 2.75) is 19.9 Å². The Hall–Kier alpha value is -0.930. The third kappa shape index (κ3) is 3.29. The fraction of sp³-hybridized carbons (Fsp3) is 0.500. The molecular weight excluding hydrogens is 226 g/mol. The van der Waals surface area contributed by atoms with Gasteiger partial charge in [-0.15, -0.1) is 0 Å². The molecule has 0 bridgehead atoms. The maximum absolute atomic E-state index is 6.14. The van der Waals surface area contributed by atoms with E-state index in [0.29, 0.717) is 16.5 Å². The molecule has 0 amide bonds. The van der Waals surface area contributed by atoms with Crippen LogP contribution in [0.4, 0.5) is 0 Å². The second-order valence-corrected chi connectivity index (χ2v) is 3.88. The fourth-order valence-electron chi connectivity index (χ4n) is 1.43. The summed E-state index contributed by atoms with van der Waals surface area (Å²) in [6, 6.07) is 3.69. The number of hydrogen-bond donors (Lipinski definition) is 1. The first-order chi connectivity index (χ1) is 7.72. The van der Waals surface area contributed by atoms with Crippen LogP contribution in [0.3, 0.4) is 0 Å². The lowest BCUT2D eigenvalue weighted by atomic mass is 10.2. The van der Waals surface area contributed by atoms with E-state index >= 15 is 0 Å². The third-order valence-corrected chi connectivity index (χ3v) is 2.65. The Morgan fingerprint density at radius 2 is 1.81 bits per heavy atom. The SMILES string of the molecule is CCCNCc1cc(OC)c(OC)cc1Cl. The molecule has 0 heterocycles. The number of hydrogen-bond acceptors (Lipinski definition) is 3. The van der Waals surface area contributed by atoms with Crippen molar-refractivity contribution in [2.75, 3.05) is 20.8 Å². The molecule has 0 unspecified atom stereocenters. The molecule has 0 saturated carbocycles. The zero-order chi connectivity index (χ0) is 12.0. The number of nitrogens with one attached hydrogen (secondary N) is 1. The van der Waals surface area contributed by atoms with E-state index in [-0.39, 0.29) is 0 Å². The van der Waals surface area contributed by atoms with E-state index in [9.17, 15) is 0 Å². The Morgan fingerprint density at radius 3 is 2.38 bits per heavy atom. The number of rotatable bonds is 6. The normalized spacial score (nSPS) is 10.2. The van der Waals surface area contributed by atoms with Crippen molar-refractivity contribution >= 4 is 11.6 Å². The molecule has 1 aromatic rings. The summed E-state index contributed by atoms with van der Waals surface area (Å²) in [5.74, 6) is 1.37. The minimum absolute atomic E-state index is 0.659. The van der Waals surface area contributed by atoms with Crippen LogP contribution in [0.2, 0.25) is 5.02 Å². The molecule has 1 aromatic carbocycles. The van der Waals surface area contributed by atoms with Crippen molar-refractivity contribution in [1.82, 2.24) is 5.32 Å². The van der Waals surface area contributed by atoms with Crippen LogP contribution in [0, 0.1) is 0 Å². The van der Waals surface area contributed by atoms with Gasteiger partial charge in [0.2, 0.25) is 0 Å². The summed E-state index contributed by atoms with van der Waals surface area (Å²) in [5.41, 5.74) is 1.02. The molecule has 3 nitrogen and oxygen atoms in total. The van der Waals surface area contributed by atoms with Gasteiger partial charge in [0.25, 0.3) is 0 Å². The monoisotopic (exact) mass is 243 g/mol. The summed E-state index contributed by atoms with van der Waals surface area (Å²) < 4.78 is 10.4. The van der Waals surface area contributed by atoms with Gasteiger partial charge in [-0.3, -0.25) is 0 Å². The molecule has 4 heteroatoms. The largest absolute Gasteiger partial charge is 0.493 e. The molecule has 0 aliphatic heterocycles. The van der Waals surface area contributed by atoms with Gasteiger partial charge in [-0.1, -0.05) is 18.5 Å². The Kier molecular flexibility index (Phi) is 5.43. The highest BCUT2D eigenvalue weighted by molar-refractivity contribution is 6.31. The van der Waals surface area contributed by atoms with E-state index in [1.165, 1.54) is 0 Å². The Morgan fingerprint density at radius 1 is 1.19 bits per heavy atom. The number of benzene rings is 1. The Labute approximate surface area is 102 Å². The van der Waals surface area contributed by atoms with Gasteiger partial charge < -0.3 is 14.8 Å². The molecule has 16 heavy (non-hydrogen) atoms. The van der Waals surface area contributed by atoms with Crippen molar-refractivity contribution in [1.29, 1.82) is 0 Å². The molecule has 0 radical (unpaired) electrons. The molecule has 1 rings (SSSR count). The number of ether oxygens (including phenoxy) is 2. The van der Waals surface area contributed by atoms with E-state index in [1.807, 2.05) is 6.07 Å². The van der Waals surface area contributed by atoms with Crippen LogP contribution in [0.25, 0.3) is 0 Å². The minimum Gasteiger partial charge on any atom is -0.493 e. The zero-order valence-corrected chi connectivity index (χ0v) is 10.7. The average Bonchev–Trinajstić information content (AvgIpc) is 2.31. The van der Waals surface area contributed by atoms with E-state index in [0.717, 1.165) is 25.1 Å². The van der Waals surface area contributed by atoms with Gasteiger partial charge in [-0.05, 0) is 24.6 Å². The molecule has 0 atom stereocenters.